The Labute approximate surface area is 231 Å². The predicted octanol–water partition coefficient (Wildman–Crippen LogP) is 2.31. The van der Waals surface area contributed by atoms with Gasteiger partial charge in [0.15, 0.2) is 17.9 Å². The van der Waals surface area contributed by atoms with Crippen LogP contribution < -0.4 is 11.1 Å². The summed E-state index contributed by atoms with van der Waals surface area (Å²) >= 11 is 0. The number of nitrogens with zero attached hydrogens (tertiary/aromatic N) is 3. The minimum absolute atomic E-state index is 0.166. The topological polar surface area (TPSA) is 174 Å². The summed E-state index contributed by atoms with van der Waals surface area (Å²) in [6.45, 7) is 11.4. The lowest BCUT2D eigenvalue weighted by molar-refractivity contribution is -0.191. The number of ether oxygens (including phenoxy) is 4. The van der Waals surface area contributed by atoms with E-state index in [1.807, 2.05) is 0 Å². The number of hydrogen-bond donors (Lipinski definition) is 2. The molecule has 2 aromatic heterocycles. The summed E-state index contributed by atoms with van der Waals surface area (Å²) in [5, 5.41) is 3.13. The molecule has 0 aliphatic carbocycles. The van der Waals surface area contributed by atoms with Crippen LogP contribution in [0.1, 0.15) is 60.3 Å². The summed E-state index contributed by atoms with van der Waals surface area (Å²) in [5.74, 6) is -3.19. The van der Waals surface area contributed by atoms with Gasteiger partial charge in [-0.05, 0) is 6.92 Å². The minimum atomic E-state index is -1.60. The van der Waals surface area contributed by atoms with Crippen LogP contribution in [0.15, 0.2) is 18.6 Å². The highest BCUT2D eigenvalue weighted by Gasteiger charge is 2.61. The second-order valence-electron chi connectivity index (χ2n) is 11.0. The molecule has 0 saturated carbocycles. The number of carbonyl (C=O) groups excluding carboxylic acids is 4. The quantitative estimate of drug-likeness (QED) is 0.360. The fraction of sp³-hybridized carbons (Fsp3) is 0.556. The van der Waals surface area contributed by atoms with Crippen LogP contribution in [0.5, 0.6) is 0 Å². The molecule has 4 unspecified atom stereocenters. The third-order valence-electron chi connectivity index (χ3n) is 6.77. The zero-order chi connectivity index (χ0) is 29.5. The van der Waals surface area contributed by atoms with Gasteiger partial charge in [0.25, 0.3) is 5.91 Å². The van der Waals surface area contributed by atoms with Crippen molar-refractivity contribution < 1.29 is 38.1 Å². The molecule has 1 amide bonds. The maximum Gasteiger partial charge on any atom is 0.309 e. The fourth-order valence-corrected chi connectivity index (χ4v) is 4.53. The molecule has 0 aromatic carbocycles. The van der Waals surface area contributed by atoms with Gasteiger partial charge >= 0.3 is 17.9 Å². The molecule has 3 N–H and O–H groups in total. The lowest BCUT2D eigenvalue weighted by atomic mass is 9.95. The van der Waals surface area contributed by atoms with Crippen LogP contribution >= 0.6 is 0 Å². The molecule has 2 aromatic rings. The first kappa shape index (κ1) is 29.0. The van der Waals surface area contributed by atoms with E-state index in [-0.39, 0.29) is 18.1 Å². The molecule has 13 nitrogen and oxygen atoms in total. The first-order chi connectivity index (χ1) is 18.7. The normalized spacial score (nSPS) is 24.2. The maximum atomic E-state index is 13.0. The Bertz CT molecular complexity index is 1380. The number of rotatable bonds is 8. The van der Waals surface area contributed by atoms with Gasteiger partial charge in [-0.3, -0.25) is 19.2 Å². The smallest absolute Gasteiger partial charge is 0.309 e. The lowest BCUT2D eigenvalue weighted by Gasteiger charge is -2.35. The average molecular weight is 558 g/mol. The van der Waals surface area contributed by atoms with Crippen LogP contribution in [0.2, 0.25) is 0 Å². The predicted molar refractivity (Wildman–Crippen MR) is 142 cm³/mol. The molecular weight excluding hydrogens is 522 g/mol. The van der Waals surface area contributed by atoms with Gasteiger partial charge in [-0.25, -0.2) is 9.97 Å². The first-order valence-corrected chi connectivity index (χ1v) is 13.1. The van der Waals surface area contributed by atoms with E-state index in [2.05, 4.69) is 15.3 Å². The van der Waals surface area contributed by atoms with Crippen LogP contribution in [0, 0.1) is 17.8 Å². The summed E-state index contributed by atoms with van der Waals surface area (Å²) in [7, 11) is 0. The monoisotopic (exact) mass is 557 g/mol. The number of aromatic nitrogens is 3. The summed E-state index contributed by atoms with van der Waals surface area (Å²) in [6.07, 6.45) is 0.857. The largest absolute Gasteiger partial charge is 0.463 e. The van der Waals surface area contributed by atoms with Crippen LogP contribution in [0.3, 0.4) is 0 Å². The third kappa shape index (κ3) is 5.25. The highest BCUT2D eigenvalue weighted by Crippen LogP contribution is 2.46. The Kier molecular flexibility index (Phi) is 7.88. The molecule has 4 heterocycles. The zero-order valence-corrected chi connectivity index (χ0v) is 23.6. The van der Waals surface area contributed by atoms with E-state index in [0.717, 1.165) is 0 Å². The maximum absolute atomic E-state index is 13.0. The number of hydrogen-bond acceptors (Lipinski definition) is 11. The number of carbonyl (C=O) groups is 4. The van der Waals surface area contributed by atoms with E-state index in [1.54, 1.807) is 59.2 Å². The third-order valence-corrected chi connectivity index (χ3v) is 6.77. The van der Waals surface area contributed by atoms with Crippen molar-refractivity contribution in [2.75, 3.05) is 11.9 Å². The Hall–Kier alpha value is -4.00. The number of esters is 3. The van der Waals surface area contributed by atoms with Crippen molar-refractivity contribution in [3.8, 4) is 0 Å². The van der Waals surface area contributed by atoms with E-state index in [0.29, 0.717) is 16.6 Å². The van der Waals surface area contributed by atoms with Gasteiger partial charge in [-0.1, -0.05) is 41.5 Å². The van der Waals surface area contributed by atoms with Gasteiger partial charge in [-0.2, -0.15) is 0 Å². The second kappa shape index (κ2) is 10.9. The molecule has 216 valence electrons. The lowest BCUT2D eigenvalue weighted by Crippen LogP contribution is -2.51. The Morgan fingerprint density at radius 3 is 2.35 bits per heavy atom. The van der Waals surface area contributed by atoms with Crippen LogP contribution in [0.25, 0.3) is 16.7 Å². The zero-order valence-electron chi connectivity index (χ0n) is 23.6. The fourth-order valence-electron chi connectivity index (χ4n) is 4.53. The van der Waals surface area contributed by atoms with Gasteiger partial charge < -0.3 is 34.6 Å². The molecule has 0 radical (unpaired) electrons. The summed E-state index contributed by atoms with van der Waals surface area (Å²) in [4.78, 5) is 59.0. The minimum Gasteiger partial charge on any atom is -0.463 e. The van der Waals surface area contributed by atoms with Crippen LogP contribution in [-0.2, 0) is 38.1 Å². The molecule has 2 aliphatic rings. The van der Waals surface area contributed by atoms with E-state index < -0.39 is 65.6 Å². The molecule has 13 heteroatoms. The summed E-state index contributed by atoms with van der Waals surface area (Å²) in [6, 6.07) is 0. The van der Waals surface area contributed by atoms with Gasteiger partial charge in [-0.15, -0.1) is 0 Å². The van der Waals surface area contributed by atoms with E-state index >= 15 is 0 Å². The highest BCUT2D eigenvalue weighted by molar-refractivity contribution is 6.13. The molecule has 1 fully saturated rings. The Balaban J connectivity index is 1.88. The van der Waals surface area contributed by atoms with Crippen molar-refractivity contribution in [1.82, 2.24) is 14.5 Å². The van der Waals surface area contributed by atoms with E-state index in [9.17, 15) is 19.2 Å². The van der Waals surface area contributed by atoms with Crippen molar-refractivity contribution in [3.05, 3.63) is 24.2 Å². The Morgan fingerprint density at radius 2 is 1.73 bits per heavy atom. The molecule has 0 spiro atoms. The molecule has 2 aliphatic heterocycles. The van der Waals surface area contributed by atoms with Gasteiger partial charge in [0.05, 0.1) is 23.1 Å². The molecule has 4 rings (SSSR count). The van der Waals surface area contributed by atoms with Gasteiger partial charge in [0.2, 0.25) is 0 Å². The molecular formula is C27H35N5O8. The average Bonchev–Trinajstić information content (AvgIpc) is 3.34. The summed E-state index contributed by atoms with van der Waals surface area (Å²) < 4.78 is 25.4. The molecule has 0 bridgehead atoms. The molecule has 40 heavy (non-hydrogen) atoms. The van der Waals surface area contributed by atoms with Gasteiger partial charge in [0, 0.05) is 23.5 Å². The van der Waals surface area contributed by atoms with E-state index in [1.165, 1.54) is 12.4 Å². The van der Waals surface area contributed by atoms with Crippen molar-refractivity contribution >= 4 is 46.4 Å². The van der Waals surface area contributed by atoms with Crippen LogP contribution in [0.4, 0.5) is 5.82 Å². The number of nitrogens with one attached hydrogen (secondary N) is 1. The standard InChI is InChI=1S/C27H35N5O8/c1-12(2)23(34)37-10-17-20(39-24(35)13(3)4)27(7,40-25(36)14(5)6)26(38-17)32-9-15-16(28)8-18(33)31-21-19(15)22(32)30-11-29-21/h8-9,11-14,17,20,26H,10,28H2,1-7H3,(H,29,30,31,33). The van der Waals surface area contributed by atoms with Crippen LogP contribution in [-0.4, -0.2) is 62.8 Å². The molecule has 4 atom stereocenters. The number of nitrogens with two attached hydrogens (primary N) is 1. The number of amides is 1. The molecule has 1 saturated heterocycles. The van der Waals surface area contributed by atoms with E-state index in [4.69, 9.17) is 24.7 Å². The van der Waals surface area contributed by atoms with Gasteiger partial charge in [0.1, 0.15) is 30.5 Å². The highest BCUT2D eigenvalue weighted by atomic mass is 16.7. The van der Waals surface area contributed by atoms with Crippen molar-refractivity contribution in [1.29, 1.82) is 0 Å². The SMILES string of the molecule is CC(C)C(=O)OCC1OC(n2cc3c4c(ncnc42)NC(=O)C=C3N)C(C)(OC(=O)C(C)C)C1OC(=O)C(C)C. The first-order valence-electron chi connectivity index (χ1n) is 13.1. The number of anilines is 1. The summed E-state index contributed by atoms with van der Waals surface area (Å²) in [5.41, 5.74) is 5.58. The Morgan fingerprint density at radius 1 is 1.07 bits per heavy atom. The second-order valence-corrected chi connectivity index (χ2v) is 11.0. The van der Waals surface area contributed by atoms with Crippen molar-refractivity contribution in [2.24, 2.45) is 23.5 Å². The van der Waals surface area contributed by atoms with Crippen molar-refractivity contribution in [3.63, 3.8) is 0 Å². The van der Waals surface area contributed by atoms with Crippen molar-refractivity contribution in [2.45, 2.75) is 72.5 Å².